The van der Waals surface area contributed by atoms with Gasteiger partial charge in [-0.3, -0.25) is 4.79 Å². The minimum atomic E-state index is 0.258. The predicted octanol–water partition coefficient (Wildman–Crippen LogP) is 2.78. The molecule has 0 radical (unpaired) electrons. The number of piperidine rings is 1. The van der Waals surface area contributed by atoms with E-state index < -0.39 is 0 Å². The zero-order valence-electron chi connectivity index (χ0n) is 13.8. The van der Waals surface area contributed by atoms with Gasteiger partial charge in [0, 0.05) is 25.6 Å². The molecule has 1 amide bonds. The van der Waals surface area contributed by atoms with Gasteiger partial charge in [-0.1, -0.05) is 12.2 Å². The van der Waals surface area contributed by atoms with Crippen LogP contribution < -0.4 is 0 Å². The topological polar surface area (TPSA) is 23.6 Å². The zero-order chi connectivity index (χ0) is 15.0. The van der Waals surface area contributed by atoms with Crippen LogP contribution in [0.1, 0.15) is 39.5 Å². The maximum absolute atomic E-state index is 12.4. The lowest BCUT2D eigenvalue weighted by atomic mass is 9.90. The minimum Gasteiger partial charge on any atom is -0.343 e. The molecular formula is C18H30N2O. The van der Waals surface area contributed by atoms with Gasteiger partial charge in [0.15, 0.2) is 0 Å². The highest BCUT2D eigenvalue weighted by atomic mass is 16.2. The summed E-state index contributed by atoms with van der Waals surface area (Å²) in [7, 11) is 1.95. The van der Waals surface area contributed by atoms with Gasteiger partial charge in [-0.15, -0.1) is 0 Å². The second-order valence-corrected chi connectivity index (χ2v) is 7.66. The number of carbonyl (C=O) groups is 1. The third-order valence-corrected chi connectivity index (χ3v) is 5.97. The van der Waals surface area contributed by atoms with Crippen molar-refractivity contribution in [2.75, 3.05) is 26.7 Å². The Morgan fingerprint density at radius 1 is 1.24 bits per heavy atom. The number of fused-ring (bicyclic) bond motifs is 2. The molecule has 1 aliphatic heterocycles. The van der Waals surface area contributed by atoms with Gasteiger partial charge >= 0.3 is 0 Å². The summed E-state index contributed by atoms with van der Waals surface area (Å²) in [5.41, 5.74) is 0. The molecular weight excluding hydrogens is 260 g/mol. The molecule has 3 heteroatoms. The summed E-state index contributed by atoms with van der Waals surface area (Å²) in [5, 5.41) is 0. The van der Waals surface area contributed by atoms with Gasteiger partial charge in [0.2, 0.25) is 5.91 Å². The summed E-state index contributed by atoms with van der Waals surface area (Å²) >= 11 is 0. The van der Waals surface area contributed by atoms with Gasteiger partial charge in [-0.2, -0.15) is 0 Å². The van der Waals surface area contributed by atoms with Crippen LogP contribution in [0.5, 0.6) is 0 Å². The molecule has 1 saturated carbocycles. The van der Waals surface area contributed by atoms with Crippen molar-refractivity contribution in [1.82, 2.24) is 9.80 Å². The lowest BCUT2D eigenvalue weighted by Gasteiger charge is -2.36. The van der Waals surface area contributed by atoms with Crippen LogP contribution in [0.2, 0.25) is 0 Å². The first kappa shape index (κ1) is 15.1. The Hall–Kier alpha value is -0.830. The van der Waals surface area contributed by atoms with E-state index in [1.54, 1.807) is 0 Å². The van der Waals surface area contributed by atoms with E-state index >= 15 is 0 Å². The summed E-state index contributed by atoms with van der Waals surface area (Å²) in [5.74, 6) is 3.21. The maximum Gasteiger partial charge on any atom is 0.225 e. The Labute approximate surface area is 129 Å². The number of rotatable bonds is 4. The Bertz CT molecular complexity index is 409. The Balaban J connectivity index is 1.45. The summed E-state index contributed by atoms with van der Waals surface area (Å²) in [6.45, 7) is 7.66. The van der Waals surface area contributed by atoms with Crippen molar-refractivity contribution in [3.8, 4) is 0 Å². The fourth-order valence-corrected chi connectivity index (χ4v) is 4.34. The van der Waals surface area contributed by atoms with Crippen LogP contribution >= 0.6 is 0 Å². The van der Waals surface area contributed by atoms with Crippen molar-refractivity contribution in [2.45, 2.75) is 45.6 Å². The van der Waals surface area contributed by atoms with E-state index in [0.717, 1.165) is 43.7 Å². The van der Waals surface area contributed by atoms with Crippen molar-refractivity contribution < 1.29 is 4.79 Å². The number of likely N-dealkylation sites (tertiary alicyclic amines) is 1. The largest absolute Gasteiger partial charge is 0.343 e. The number of carbonyl (C=O) groups excluding carboxylic acids is 1. The lowest BCUT2D eigenvalue weighted by molar-refractivity contribution is -0.137. The summed E-state index contributed by atoms with van der Waals surface area (Å²) in [6.07, 6.45) is 9.77. The average Bonchev–Trinajstić information content (AvgIpc) is 3.09. The molecule has 21 heavy (non-hydrogen) atoms. The molecule has 1 saturated heterocycles. The van der Waals surface area contributed by atoms with Gasteiger partial charge in [0.25, 0.3) is 0 Å². The third-order valence-electron chi connectivity index (χ3n) is 5.97. The van der Waals surface area contributed by atoms with E-state index in [9.17, 15) is 4.79 Å². The van der Waals surface area contributed by atoms with Gasteiger partial charge in [0.05, 0.1) is 0 Å². The molecule has 0 unspecified atom stereocenters. The number of amides is 1. The van der Waals surface area contributed by atoms with Crippen molar-refractivity contribution in [1.29, 1.82) is 0 Å². The second-order valence-electron chi connectivity index (χ2n) is 7.66. The van der Waals surface area contributed by atoms with Crippen LogP contribution in [-0.2, 0) is 4.79 Å². The molecule has 0 aromatic rings. The second kappa shape index (κ2) is 6.12. The molecule has 2 fully saturated rings. The molecule has 3 aliphatic rings. The standard InChI is InChI=1S/C18H30N2O/c1-13(2)19(3)18(21)15-6-8-20(9-7-15)12-17-11-14-4-5-16(17)10-14/h4-5,13-17H,6-12H2,1-3H3/t14-,16-,17+/m0/s1. The molecule has 3 atom stereocenters. The van der Waals surface area contributed by atoms with Crippen LogP contribution in [0.15, 0.2) is 12.2 Å². The molecule has 3 nitrogen and oxygen atoms in total. The van der Waals surface area contributed by atoms with Gasteiger partial charge in [0.1, 0.15) is 0 Å². The first-order chi connectivity index (χ1) is 10.0. The normalized spacial score (nSPS) is 33.0. The first-order valence-electron chi connectivity index (χ1n) is 8.72. The van der Waals surface area contributed by atoms with E-state index in [4.69, 9.17) is 0 Å². The van der Waals surface area contributed by atoms with E-state index in [1.807, 2.05) is 11.9 Å². The van der Waals surface area contributed by atoms with Crippen molar-refractivity contribution in [2.24, 2.45) is 23.7 Å². The summed E-state index contributed by atoms with van der Waals surface area (Å²) in [6, 6.07) is 0.316. The lowest BCUT2D eigenvalue weighted by Crippen LogP contribution is -2.44. The van der Waals surface area contributed by atoms with Gasteiger partial charge in [-0.05, 0) is 70.4 Å². The molecule has 118 valence electrons. The van der Waals surface area contributed by atoms with E-state index in [-0.39, 0.29) is 5.92 Å². The maximum atomic E-state index is 12.4. The fraction of sp³-hybridized carbons (Fsp3) is 0.833. The van der Waals surface area contributed by atoms with E-state index in [0.29, 0.717) is 11.9 Å². The summed E-state index contributed by atoms with van der Waals surface area (Å²) in [4.78, 5) is 16.9. The van der Waals surface area contributed by atoms with Crippen LogP contribution in [0.25, 0.3) is 0 Å². The van der Waals surface area contributed by atoms with E-state index in [1.165, 1.54) is 19.4 Å². The molecule has 1 heterocycles. The van der Waals surface area contributed by atoms with E-state index in [2.05, 4.69) is 30.9 Å². The van der Waals surface area contributed by atoms with Crippen LogP contribution in [-0.4, -0.2) is 48.4 Å². The molecule has 0 aromatic carbocycles. The van der Waals surface area contributed by atoms with Crippen LogP contribution in [0.3, 0.4) is 0 Å². The van der Waals surface area contributed by atoms with Crippen LogP contribution in [0, 0.1) is 23.7 Å². The fourth-order valence-electron chi connectivity index (χ4n) is 4.34. The zero-order valence-corrected chi connectivity index (χ0v) is 13.8. The number of hydrogen-bond acceptors (Lipinski definition) is 2. The van der Waals surface area contributed by atoms with Crippen molar-refractivity contribution in [3.63, 3.8) is 0 Å². The monoisotopic (exact) mass is 290 g/mol. The average molecular weight is 290 g/mol. The summed E-state index contributed by atoms with van der Waals surface area (Å²) < 4.78 is 0. The van der Waals surface area contributed by atoms with Gasteiger partial charge in [-0.25, -0.2) is 0 Å². The molecule has 0 aromatic heterocycles. The SMILES string of the molecule is CC(C)N(C)C(=O)C1CCN(C[C@H]2C[C@H]3C=C[C@H]2C3)CC1. The minimum absolute atomic E-state index is 0.258. The molecule has 2 aliphatic carbocycles. The van der Waals surface area contributed by atoms with Crippen molar-refractivity contribution in [3.05, 3.63) is 12.2 Å². The highest BCUT2D eigenvalue weighted by molar-refractivity contribution is 5.78. The molecule has 0 N–H and O–H groups in total. The van der Waals surface area contributed by atoms with Crippen molar-refractivity contribution >= 4 is 5.91 Å². The highest BCUT2D eigenvalue weighted by Gasteiger charge is 2.37. The highest BCUT2D eigenvalue weighted by Crippen LogP contribution is 2.43. The Morgan fingerprint density at radius 2 is 1.95 bits per heavy atom. The predicted molar refractivity (Wildman–Crippen MR) is 85.9 cm³/mol. The smallest absolute Gasteiger partial charge is 0.225 e. The Morgan fingerprint density at radius 3 is 2.48 bits per heavy atom. The number of nitrogens with zero attached hydrogens (tertiary/aromatic N) is 2. The van der Waals surface area contributed by atoms with Crippen LogP contribution in [0.4, 0.5) is 0 Å². The van der Waals surface area contributed by atoms with Gasteiger partial charge < -0.3 is 9.80 Å². The molecule has 2 bridgehead atoms. The third kappa shape index (κ3) is 3.18. The number of hydrogen-bond donors (Lipinski definition) is 0. The number of allylic oxidation sites excluding steroid dienone is 2. The first-order valence-corrected chi connectivity index (χ1v) is 8.72. The quantitative estimate of drug-likeness (QED) is 0.743. The Kier molecular flexibility index (Phi) is 4.39. The molecule has 3 rings (SSSR count). The molecule has 0 spiro atoms.